The van der Waals surface area contributed by atoms with Gasteiger partial charge in [-0.05, 0) is 43.4 Å². The van der Waals surface area contributed by atoms with Gasteiger partial charge in [0.25, 0.3) is 5.91 Å². The number of amides is 3. The minimum absolute atomic E-state index is 0.0748. The highest BCUT2D eigenvalue weighted by Gasteiger charge is 2.41. The lowest BCUT2D eigenvalue weighted by Gasteiger charge is -2.49. The Morgan fingerprint density at radius 2 is 1.89 bits per heavy atom. The van der Waals surface area contributed by atoms with Crippen LogP contribution in [0.5, 0.6) is 0 Å². The molecule has 1 atom stereocenters. The van der Waals surface area contributed by atoms with Gasteiger partial charge in [0.15, 0.2) is 0 Å². The summed E-state index contributed by atoms with van der Waals surface area (Å²) in [6, 6.07) is 5.47. The second-order valence-electron chi connectivity index (χ2n) is 8.58. The fraction of sp³-hybridized carbons (Fsp3) is 0.571. The summed E-state index contributed by atoms with van der Waals surface area (Å²) in [5.41, 5.74) is 3.17. The first-order chi connectivity index (χ1) is 13.5. The zero-order chi connectivity index (χ0) is 19.3. The van der Waals surface area contributed by atoms with Crippen molar-refractivity contribution in [3.05, 3.63) is 34.9 Å². The lowest BCUT2D eigenvalue weighted by molar-refractivity contribution is -0.136. The van der Waals surface area contributed by atoms with Crippen LogP contribution >= 0.6 is 0 Å². The van der Waals surface area contributed by atoms with Crippen molar-refractivity contribution in [3.63, 3.8) is 0 Å². The fourth-order valence-corrected chi connectivity index (χ4v) is 5.11. The molecule has 148 valence electrons. The number of rotatable bonds is 3. The van der Waals surface area contributed by atoms with Crippen LogP contribution in [0.25, 0.3) is 0 Å². The second-order valence-corrected chi connectivity index (χ2v) is 8.58. The number of carbonyl (C=O) groups is 3. The van der Waals surface area contributed by atoms with Crippen LogP contribution in [0.2, 0.25) is 0 Å². The Labute approximate surface area is 164 Å². The van der Waals surface area contributed by atoms with Gasteiger partial charge in [0, 0.05) is 43.7 Å². The minimum Gasteiger partial charge on any atom is -0.322 e. The summed E-state index contributed by atoms with van der Waals surface area (Å²) in [5.74, 6) is -0.683. The van der Waals surface area contributed by atoms with Crippen LogP contribution in [0.3, 0.4) is 0 Å². The van der Waals surface area contributed by atoms with Gasteiger partial charge in [-0.2, -0.15) is 0 Å². The number of hydrogen-bond donors (Lipinski definition) is 2. The van der Waals surface area contributed by atoms with Gasteiger partial charge in [0.2, 0.25) is 11.8 Å². The molecule has 1 aromatic rings. The molecule has 0 radical (unpaired) electrons. The largest absolute Gasteiger partial charge is 0.322 e. The van der Waals surface area contributed by atoms with Crippen molar-refractivity contribution in [3.8, 4) is 0 Å². The van der Waals surface area contributed by atoms with E-state index in [2.05, 4.69) is 15.5 Å². The smallest absolute Gasteiger partial charge is 0.255 e. The van der Waals surface area contributed by atoms with Crippen molar-refractivity contribution >= 4 is 17.7 Å². The number of fused-ring (bicyclic) bond motifs is 1. The van der Waals surface area contributed by atoms with Gasteiger partial charge in [-0.1, -0.05) is 18.2 Å². The number of imide groups is 1. The van der Waals surface area contributed by atoms with E-state index < -0.39 is 6.04 Å². The Balaban J connectivity index is 1.31. The van der Waals surface area contributed by atoms with E-state index in [4.69, 9.17) is 0 Å². The maximum absolute atomic E-state index is 13.2. The topological polar surface area (TPSA) is 81.8 Å². The first-order valence-electron chi connectivity index (χ1n) is 10.3. The molecule has 1 spiro atoms. The molecule has 7 nitrogen and oxygen atoms in total. The molecule has 0 aliphatic carbocycles. The molecule has 0 aromatic heterocycles. The third-order valence-electron chi connectivity index (χ3n) is 6.95. The molecule has 0 saturated carbocycles. The Morgan fingerprint density at radius 3 is 2.57 bits per heavy atom. The molecule has 5 rings (SSSR count). The van der Waals surface area contributed by atoms with Crippen molar-refractivity contribution in [1.29, 1.82) is 0 Å². The van der Waals surface area contributed by atoms with Crippen molar-refractivity contribution in [1.82, 2.24) is 20.4 Å². The van der Waals surface area contributed by atoms with Crippen LogP contribution < -0.4 is 10.6 Å². The Kier molecular flexibility index (Phi) is 4.25. The number of hydrogen-bond acceptors (Lipinski definition) is 5. The van der Waals surface area contributed by atoms with Crippen molar-refractivity contribution in [2.75, 3.05) is 19.6 Å². The van der Waals surface area contributed by atoms with Gasteiger partial charge in [-0.25, -0.2) is 0 Å². The van der Waals surface area contributed by atoms with Crippen LogP contribution in [0.1, 0.15) is 53.6 Å². The number of nitrogens with one attached hydrogen (secondary N) is 2. The molecule has 4 aliphatic heterocycles. The minimum atomic E-state index is -0.551. The van der Waals surface area contributed by atoms with Gasteiger partial charge in [-0.15, -0.1) is 0 Å². The number of nitrogens with zero attached hydrogens (tertiary/aromatic N) is 2. The lowest BCUT2D eigenvalue weighted by Crippen LogP contribution is -2.61. The molecule has 2 N–H and O–H groups in total. The van der Waals surface area contributed by atoms with Crippen molar-refractivity contribution in [2.24, 2.45) is 0 Å². The number of piperidine rings is 2. The zero-order valence-corrected chi connectivity index (χ0v) is 16.0. The highest BCUT2D eigenvalue weighted by Crippen LogP contribution is 2.33. The zero-order valence-electron chi connectivity index (χ0n) is 16.0. The van der Waals surface area contributed by atoms with Gasteiger partial charge < -0.3 is 10.2 Å². The summed E-state index contributed by atoms with van der Waals surface area (Å²) >= 11 is 0. The summed E-state index contributed by atoms with van der Waals surface area (Å²) in [6.07, 6.45) is 4.30. The monoisotopic (exact) mass is 382 g/mol. The summed E-state index contributed by atoms with van der Waals surface area (Å²) in [5, 5.41) is 5.96. The first-order valence-corrected chi connectivity index (χ1v) is 10.3. The predicted octanol–water partition coefficient (Wildman–Crippen LogP) is 0.776. The molecular weight excluding hydrogens is 356 g/mol. The number of benzene rings is 1. The Morgan fingerprint density at radius 1 is 1.11 bits per heavy atom. The summed E-state index contributed by atoms with van der Waals surface area (Å²) in [4.78, 5) is 40.9. The van der Waals surface area contributed by atoms with E-state index >= 15 is 0 Å². The first kappa shape index (κ1) is 17.8. The summed E-state index contributed by atoms with van der Waals surface area (Å²) in [6.45, 7) is 4.44. The highest BCUT2D eigenvalue weighted by molar-refractivity contribution is 6.05. The second kappa shape index (κ2) is 6.67. The van der Waals surface area contributed by atoms with E-state index in [0.717, 1.165) is 42.9 Å². The number of likely N-dealkylation sites (tertiary alicyclic amines) is 1. The predicted molar refractivity (Wildman–Crippen MR) is 102 cm³/mol. The van der Waals surface area contributed by atoms with Crippen LogP contribution in [-0.2, 0) is 22.7 Å². The van der Waals surface area contributed by atoms with E-state index in [1.807, 2.05) is 18.2 Å². The average molecular weight is 382 g/mol. The standard InChI is InChI=1S/C21H26N4O3/c26-17-5-4-16(19(27)23-17)25-13-15-3-1-2-14(18(15)20(25)28)12-24-10-7-21(8-11-24)6-9-22-21/h1-3,16,22H,4-13H2,(H,23,26,27). The Hall–Kier alpha value is -2.25. The van der Waals surface area contributed by atoms with E-state index in [1.54, 1.807) is 4.90 Å². The van der Waals surface area contributed by atoms with Crippen LogP contribution in [0.4, 0.5) is 0 Å². The summed E-state index contributed by atoms with van der Waals surface area (Å²) in [7, 11) is 0. The normalized spacial score (nSPS) is 26.9. The molecule has 28 heavy (non-hydrogen) atoms. The van der Waals surface area contributed by atoms with Gasteiger partial charge in [0.05, 0.1) is 0 Å². The van der Waals surface area contributed by atoms with Crippen LogP contribution in [0, 0.1) is 0 Å². The molecule has 7 heteroatoms. The van der Waals surface area contributed by atoms with Crippen molar-refractivity contribution in [2.45, 2.75) is 56.8 Å². The molecule has 3 fully saturated rings. The van der Waals surface area contributed by atoms with Gasteiger partial charge in [-0.3, -0.25) is 24.6 Å². The van der Waals surface area contributed by atoms with E-state index in [-0.39, 0.29) is 24.1 Å². The van der Waals surface area contributed by atoms with Crippen molar-refractivity contribution < 1.29 is 14.4 Å². The van der Waals surface area contributed by atoms with E-state index in [1.165, 1.54) is 19.3 Å². The SMILES string of the molecule is O=C1CCC(N2Cc3cccc(CN4CCC5(CCN5)CC4)c3C2=O)C(=O)N1. The van der Waals surface area contributed by atoms with Gasteiger partial charge in [0.1, 0.15) is 6.04 Å². The Bertz CT molecular complexity index is 838. The quantitative estimate of drug-likeness (QED) is 0.755. The average Bonchev–Trinajstić information content (AvgIpc) is 2.99. The molecule has 1 aromatic carbocycles. The molecular formula is C21H26N4O3. The van der Waals surface area contributed by atoms with Crippen LogP contribution in [-0.4, -0.2) is 58.7 Å². The van der Waals surface area contributed by atoms with Gasteiger partial charge >= 0.3 is 0 Å². The molecule has 0 bridgehead atoms. The molecule has 3 saturated heterocycles. The molecule has 4 aliphatic rings. The third-order valence-corrected chi connectivity index (χ3v) is 6.95. The maximum Gasteiger partial charge on any atom is 0.255 e. The highest BCUT2D eigenvalue weighted by atomic mass is 16.2. The molecule has 3 amide bonds. The number of carbonyl (C=O) groups excluding carboxylic acids is 3. The van der Waals surface area contributed by atoms with Crippen LogP contribution in [0.15, 0.2) is 18.2 Å². The third kappa shape index (κ3) is 2.93. The maximum atomic E-state index is 13.2. The molecule has 4 heterocycles. The summed E-state index contributed by atoms with van der Waals surface area (Å²) < 4.78 is 0. The lowest BCUT2D eigenvalue weighted by atomic mass is 9.79. The van der Waals surface area contributed by atoms with E-state index in [9.17, 15) is 14.4 Å². The fourth-order valence-electron chi connectivity index (χ4n) is 5.11. The van der Waals surface area contributed by atoms with E-state index in [0.29, 0.717) is 18.5 Å². The molecule has 1 unspecified atom stereocenters.